The molecule has 1 atom stereocenters. The summed E-state index contributed by atoms with van der Waals surface area (Å²) in [5.41, 5.74) is 7.31. The molecular weight excluding hydrogens is 252 g/mol. The lowest BCUT2D eigenvalue weighted by Gasteiger charge is -2.22. The maximum absolute atomic E-state index is 11.6. The quantitative estimate of drug-likeness (QED) is 0.796. The number of aromatic nitrogens is 2. The Morgan fingerprint density at radius 3 is 2.60 bits per heavy atom. The van der Waals surface area contributed by atoms with Gasteiger partial charge in [-0.1, -0.05) is 44.2 Å². The van der Waals surface area contributed by atoms with Crippen LogP contribution in [0.1, 0.15) is 32.0 Å². The molecule has 106 valence electrons. The smallest absolute Gasteiger partial charge is 0.242 e. The van der Waals surface area contributed by atoms with Crippen LogP contribution < -0.4 is 11.1 Å². The average Bonchev–Trinajstić information content (AvgIpc) is 2.89. The summed E-state index contributed by atoms with van der Waals surface area (Å²) >= 11 is 0. The molecule has 4 N–H and O–H groups in total. The van der Waals surface area contributed by atoms with Crippen molar-refractivity contribution in [3.63, 3.8) is 0 Å². The number of rotatable bonds is 4. The third kappa shape index (κ3) is 2.88. The molecule has 5 nitrogen and oxygen atoms in total. The molecule has 0 fully saturated rings. The maximum Gasteiger partial charge on any atom is 0.242 e. The van der Waals surface area contributed by atoms with Crippen molar-refractivity contribution in [3.05, 3.63) is 47.7 Å². The topological polar surface area (TPSA) is 83.8 Å². The van der Waals surface area contributed by atoms with E-state index in [2.05, 4.69) is 41.5 Å². The van der Waals surface area contributed by atoms with Gasteiger partial charge in [-0.05, 0) is 12.5 Å². The Morgan fingerprint density at radius 2 is 2.00 bits per heavy atom. The third-order valence-corrected chi connectivity index (χ3v) is 3.39. The number of nitrogens with two attached hydrogens (primary N) is 1. The summed E-state index contributed by atoms with van der Waals surface area (Å²) in [6, 6.07) is 11.4. The lowest BCUT2D eigenvalue weighted by Crippen LogP contribution is -2.32. The largest absolute Gasteiger partial charge is 0.320 e. The van der Waals surface area contributed by atoms with Gasteiger partial charge in [-0.15, -0.1) is 0 Å². The minimum Gasteiger partial charge on any atom is -0.320 e. The Hall–Kier alpha value is -2.14. The van der Waals surface area contributed by atoms with Crippen molar-refractivity contribution in [1.82, 2.24) is 10.2 Å². The van der Waals surface area contributed by atoms with E-state index >= 15 is 0 Å². The summed E-state index contributed by atoms with van der Waals surface area (Å²) in [6.45, 7) is 5.83. The second-order valence-electron chi connectivity index (χ2n) is 5.44. The van der Waals surface area contributed by atoms with Gasteiger partial charge in [0.05, 0.1) is 11.7 Å². The summed E-state index contributed by atoms with van der Waals surface area (Å²) in [7, 11) is 0. The zero-order chi connectivity index (χ0) is 14.8. The number of H-pyrrole nitrogens is 1. The number of nitrogens with zero attached hydrogens (tertiary/aromatic N) is 1. The van der Waals surface area contributed by atoms with Gasteiger partial charge >= 0.3 is 0 Å². The van der Waals surface area contributed by atoms with Crippen LogP contribution in [-0.4, -0.2) is 22.1 Å². The van der Waals surface area contributed by atoms with E-state index in [0.717, 1.165) is 11.3 Å². The Kier molecular flexibility index (Phi) is 3.90. The summed E-state index contributed by atoms with van der Waals surface area (Å²) < 4.78 is 0. The summed E-state index contributed by atoms with van der Waals surface area (Å²) in [5, 5.41) is 9.83. The molecule has 0 aliphatic carbocycles. The first-order chi connectivity index (χ1) is 9.41. The zero-order valence-electron chi connectivity index (χ0n) is 12.0. The molecule has 20 heavy (non-hydrogen) atoms. The number of benzene rings is 1. The van der Waals surface area contributed by atoms with Crippen LogP contribution in [0.25, 0.3) is 0 Å². The molecule has 1 amide bonds. The zero-order valence-corrected chi connectivity index (χ0v) is 12.0. The first-order valence-electron chi connectivity index (χ1n) is 6.59. The first-order valence-corrected chi connectivity index (χ1v) is 6.59. The van der Waals surface area contributed by atoms with E-state index in [1.165, 1.54) is 0 Å². The highest BCUT2D eigenvalue weighted by Gasteiger charge is 2.26. The Balaban J connectivity index is 2.22. The normalized spacial score (nSPS) is 13.0. The van der Waals surface area contributed by atoms with Crippen molar-refractivity contribution < 1.29 is 4.79 Å². The van der Waals surface area contributed by atoms with E-state index in [1.807, 2.05) is 24.3 Å². The molecule has 0 radical (unpaired) electrons. The van der Waals surface area contributed by atoms with Gasteiger partial charge in [0.2, 0.25) is 5.91 Å². The number of hydrogen-bond acceptors (Lipinski definition) is 3. The molecule has 5 heteroatoms. The van der Waals surface area contributed by atoms with Gasteiger partial charge in [-0.2, -0.15) is 5.10 Å². The average molecular weight is 272 g/mol. The van der Waals surface area contributed by atoms with Gasteiger partial charge in [0.15, 0.2) is 0 Å². The highest BCUT2D eigenvalue weighted by molar-refractivity contribution is 5.93. The molecule has 0 saturated carbocycles. The predicted molar refractivity (Wildman–Crippen MR) is 79.4 cm³/mol. The van der Waals surface area contributed by atoms with Gasteiger partial charge < -0.3 is 11.1 Å². The second kappa shape index (κ2) is 5.46. The maximum atomic E-state index is 11.6. The van der Waals surface area contributed by atoms with Crippen LogP contribution in [0, 0.1) is 0 Å². The molecule has 0 aliphatic heterocycles. The minimum atomic E-state index is -0.552. The molecule has 2 rings (SSSR count). The molecule has 1 heterocycles. The fraction of sp³-hybridized carbons (Fsp3) is 0.333. The fourth-order valence-electron chi connectivity index (χ4n) is 1.96. The van der Waals surface area contributed by atoms with Gasteiger partial charge in [0.1, 0.15) is 5.82 Å². The van der Waals surface area contributed by atoms with Crippen LogP contribution >= 0.6 is 0 Å². The van der Waals surface area contributed by atoms with E-state index in [9.17, 15) is 4.79 Å². The van der Waals surface area contributed by atoms with Crippen LogP contribution in [0.4, 0.5) is 5.82 Å². The van der Waals surface area contributed by atoms with Crippen molar-refractivity contribution in [2.45, 2.75) is 32.2 Å². The monoisotopic (exact) mass is 272 g/mol. The first kappa shape index (κ1) is 14.3. The van der Waals surface area contributed by atoms with Crippen molar-refractivity contribution in [3.8, 4) is 0 Å². The molecule has 1 aromatic heterocycles. The van der Waals surface area contributed by atoms with Crippen molar-refractivity contribution in [2.75, 3.05) is 5.32 Å². The third-order valence-electron chi connectivity index (χ3n) is 3.39. The van der Waals surface area contributed by atoms with E-state index < -0.39 is 6.04 Å². The van der Waals surface area contributed by atoms with Crippen LogP contribution in [-0.2, 0) is 10.2 Å². The van der Waals surface area contributed by atoms with Crippen molar-refractivity contribution in [2.24, 2.45) is 5.73 Å². The van der Waals surface area contributed by atoms with Crippen LogP contribution in [0.3, 0.4) is 0 Å². The van der Waals surface area contributed by atoms with Crippen molar-refractivity contribution in [1.29, 1.82) is 0 Å². The van der Waals surface area contributed by atoms with E-state index in [4.69, 9.17) is 5.73 Å². The van der Waals surface area contributed by atoms with Gasteiger partial charge in [0.25, 0.3) is 0 Å². The lowest BCUT2D eigenvalue weighted by molar-refractivity contribution is -0.117. The number of anilines is 1. The Labute approximate surface area is 118 Å². The van der Waals surface area contributed by atoms with Gasteiger partial charge in [0, 0.05) is 11.5 Å². The molecule has 0 bridgehead atoms. The Bertz CT molecular complexity index is 587. The second-order valence-corrected chi connectivity index (χ2v) is 5.44. The highest BCUT2D eigenvalue weighted by atomic mass is 16.2. The standard InChI is InChI=1S/C15H20N4O/c1-10(16)14(20)17-13-9-12(18-19-13)15(2,3)11-7-5-4-6-8-11/h4-10H,16H2,1-3H3,(H2,17,18,19,20)/t10-/m0/s1. The molecule has 2 aromatic rings. The molecule has 0 spiro atoms. The molecule has 0 saturated heterocycles. The Morgan fingerprint density at radius 1 is 1.35 bits per heavy atom. The predicted octanol–water partition coefficient (Wildman–Crippen LogP) is 2.02. The molecule has 0 unspecified atom stereocenters. The van der Waals surface area contributed by atoms with Gasteiger partial charge in [-0.25, -0.2) is 0 Å². The van der Waals surface area contributed by atoms with Crippen molar-refractivity contribution >= 4 is 11.7 Å². The van der Waals surface area contributed by atoms with Crippen LogP contribution in [0.2, 0.25) is 0 Å². The number of carbonyl (C=O) groups excluding carboxylic acids is 1. The van der Waals surface area contributed by atoms with Crippen LogP contribution in [0.15, 0.2) is 36.4 Å². The number of amides is 1. The lowest BCUT2D eigenvalue weighted by atomic mass is 9.82. The van der Waals surface area contributed by atoms with Gasteiger partial charge in [-0.3, -0.25) is 9.89 Å². The molecule has 0 aliphatic rings. The number of aromatic amines is 1. The summed E-state index contributed by atoms with van der Waals surface area (Å²) in [6.07, 6.45) is 0. The highest BCUT2D eigenvalue weighted by Crippen LogP contribution is 2.30. The number of nitrogens with one attached hydrogen (secondary N) is 2. The van der Waals surface area contributed by atoms with Crippen LogP contribution in [0.5, 0.6) is 0 Å². The van der Waals surface area contributed by atoms with E-state index in [0.29, 0.717) is 5.82 Å². The molecular formula is C15H20N4O. The number of carbonyl (C=O) groups is 1. The number of hydrogen-bond donors (Lipinski definition) is 3. The van der Waals surface area contributed by atoms with E-state index in [-0.39, 0.29) is 11.3 Å². The van der Waals surface area contributed by atoms with E-state index in [1.54, 1.807) is 6.92 Å². The molecule has 1 aromatic carbocycles. The SMILES string of the molecule is C[C@H](N)C(=O)Nc1cc(C(C)(C)c2ccccc2)n[nH]1. The fourth-order valence-corrected chi connectivity index (χ4v) is 1.96. The summed E-state index contributed by atoms with van der Waals surface area (Å²) in [4.78, 5) is 11.6. The minimum absolute atomic E-state index is 0.238. The summed E-state index contributed by atoms with van der Waals surface area (Å²) in [5.74, 6) is 0.323.